The maximum absolute atomic E-state index is 2.40. The first-order valence-electron chi connectivity index (χ1n) is 10.6. The van der Waals surface area contributed by atoms with Gasteiger partial charge in [-0.25, -0.2) is 0 Å². The highest BCUT2D eigenvalue weighted by Gasteiger charge is 2.17. The molecular formula is C29H25N. The predicted octanol–water partition coefficient (Wildman–Crippen LogP) is 8.59. The quantitative estimate of drug-likeness (QED) is 0.298. The molecule has 0 unspecified atom stereocenters. The number of anilines is 3. The van der Waals surface area contributed by atoms with Crippen molar-refractivity contribution in [2.75, 3.05) is 4.90 Å². The van der Waals surface area contributed by atoms with E-state index in [2.05, 4.69) is 128 Å². The Morgan fingerprint density at radius 2 is 0.967 bits per heavy atom. The number of hydrogen-bond acceptors (Lipinski definition) is 1. The molecule has 0 fully saturated rings. The van der Waals surface area contributed by atoms with Gasteiger partial charge in [-0.05, 0) is 46.5 Å². The summed E-state index contributed by atoms with van der Waals surface area (Å²) in [4.78, 5) is 2.40. The van der Waals surface area contributed by atoms with Crippen molar-refractivity contribution in [3.8, 4) is 0 Å². The molecule has 0 atom stereocenters. The van der Waals surface area contributed by atoms with Crippen molar-refractivity contribution in [1.82, 2.24) is 0 Å². The third kappa shape index (κ3) is 3.23. The minimum atomic E-state index is 0.516. The molecular weight excluding hydrogens is 362 g/mol. The van der Waals surface area contributed by atoms with E-state index >= 15 is 0 Å². The van der Waals surface area contributed by atoms with Crippen LogP contribution in [0.2, 0.25) is 0 Å². The van der Waals surface area contributed by atoms with Crippen LogP contribution in [-0.4, -0.2) is 0 Å². The zero-order chi connectivity index (χ0) is 20.5. The van der Waals surface area contributed by atoms with Gasteiger partial charge in [0, 0.05) is 16.5 Å². The lowest BCUT2D eigenvalue weighted by molar-refractivity contribution is 0.866. The fraction of sp³-hybridized carbons (Fsp3) is 0.103. The van der Waals surface area contributed by atoms with Gasteiger partial charge in [-0.2, -0.15) is 0 Å². The Balaban J connectivity index is 1.80. The Bertz CT molecular complexity index is 1230. The summed E-state index contributed by atoms with van der Waals surface area (Å²) in [5.41, 5.74) is 4.92. The number of fused-ring (bicyclic) bond motifs is 2. The summed E-state index contributed by atoms with van der Waals surface area (Å²) < 4.78 is 0. The smallest absolute Gasteiger partial charge is 0.0540 e. The van der Waals surface area contributed by atoms with Crippen LogP contribution in [0.3, 0.4) is 0 Å². The van der Waals surface area contributed by atoms with Crippen LogP contribution >= 0.6 is 0 Å². The molecule has 0 N–H and O–H groups in total. The molecule has 0 aromatic heterocycles. The third-order valence-corrected chi connectivity index (χ3v) is 5.83. The molecule has 5 rings (SSSR count). The summed E-state index contributed by atoms with van der Waals surface area (Å²) in [6.45, 7) is 4.48. The van der Waals surface area contributed by atoms with Crippen molar-refractivity contribution in [2.24, 2.45) is 0 Å². The average Bonchev–Trinajstić information content (AvgIpc) is 2.80. The second-order valence-electron chi connectivity index (χ2n) is 8.08. The summed E-state index contributed by atoms with van der Waals surface area (Å²) in [6.07, 6.45) is 0. The van der Waals surface area contributed by atoms with Crippen LogP contribution in [-0.2, 0) is 0 Å². The molecule has 1 heteroatoms. The van der Waals surface area contributed by atoms with Crippen molar-refractivity contribution >= 4 is 38.6 Å². The number of hydrogen-bond donors (Lipinski definition) is 0. The molecule has 5 aromatic carbocycles. The molecule has 0 saturated carbocycles. The molecule has 0 bridgehead atoms. The fourth-order valence-corrected chi connectivity index (χ4v) is 4.22. The first-order valence-corrected chi connectivity index (χ1v) is 10.6. The number of benzene rings is 5. The zero-order valence-electron chi connectivity index (χ0n) is 17.4. The van der Waals surface area contributed by atoms with Gasteiger partial charge in [-0.1, -0.05) is 98.8 Å². The summed E-state index contributed by atoms with van der Waals surface area (Å²) in [5.74, 6) is 0.516. The highest BCUT2D eigenvalue weighted by Crippen LogP contribution is 2.41. The average molecular weight is 388 g/mol. The highest BCUT2D eigenvalue weighted by atomic mass is 15.1. The molecule has 0 aliphatic carbocycles. The van der Waals surface area contributed by atoms with Crippen molar-refractivity contribution in [3.05, 3.63) is 115 Å². The molecule has 0 aliphatic heterocycles. The standard InChI is InChI=1S/C29H25N/c1-21(2)22-17-19-25(20-18-22)30(28-15-7-11-23-9-3-5-13-26(23)28)29-16-8-12-24-10-4-6-14-27(24)29/h3-21H,1-2H3. The molecule has 0 heterocycles. The third-order valence-electron chi connectivity index (χ3n) is 5.83. The lowest BCUT2D eigenvalue weighted by Gasteiger charge is -2.28. The molecule has 0 radical (unpaired) electrons. The van der Waals surface area contributed by atoms with Crippen molar-refractivity contribution < 1.29 is 0 Å². The lowest BCUT2D eigenvalue weighted by Crippen LogP contribution is -2.11. The molecule has 30 heavy (non-hydrogen) atoms. The summed E-state index contributed by atoms with van der Waals surface area (Å²) in [5, 5.41) is 5.00. The first kappa shape index (κ1) is 18.4. The van der Waals surface area contributed by atoms with Crippen LogP contribution in [0.1, 0.15) is 25.3 Å². The minimum Gasteiger partial charge on any atom is -0.309 e. The van der Waals surface area contributed by atoms with Gasteiger partial charge in [0.25, 0.3) is 0 Å². The SMILES string of the molecule is CC(C)c1ccc(N(c2cccc3ccccc23)c2cccc3ccccc23)cc1. The molecule has 5 aromatic rings. The van der Waals surface area contributed by atoms with Crippen molar-refractivity contribution in [2.45, 2.75) is 19.8 Å². The van der Waals surface area contributed by atoms with Crippen molar-refractivity contribution in [1.29, 1.82) is 0 Å². The molecule has 0 amide bonds. The van der Waals surface area contributed by atoms with E-state index in [1.165, 1.54) is 44.2 Å². The Kier molecular flexibility index (Phi) is 4.72. The maximum atomic E-state index is 2.40. The van der Waals surface area contributed by atoms with Crippen LogP contribution in [0.4, 0.5) is 17.1 Å². The van der Waals surface area contributed by atoms with Gasteiger partial charge in [0.15, 0.2) is 0 Å². The second kappa shape index (κ2) is 7.68. The van der Waals surface area contributed by atoms with Gasteiger partial charge in [0.1, 0.15) is 0 Å². The molecule has 0 aliphatic rings. The van der Waals surface area contributed by atoms with Gasteiger partial charge in [-0.3, -0.25) is 0 Å². The van der Waals surface area contributed by atoms with E-state index in [0.717, 1.165) is 0 Å². The van der Waals surface area contributed by atoms with Crippen LogP contribution < -0.4 is 4.90 Å². The maximum Gasteiger partial charge on any atom is 0.0540 e. The number of nitrogens with zero attached hydrogens (tertiary/aromatic N) is 1. The van der Waals surface area contributed by atoms with Crippen molar-refractivity contribution in [3.63, 3.8) is 0 Å². The Morgan fingerprint density at radius 1 is 0.500 bits per heavy atom. The van der Waals surface area contributed by atoms with Gasteiger partial charge < -0.3 is 4.90 Å². The monoisotopic (exact) mass is 387 g/mol. The van der Waals surface area contributed by atoms with E-state index in [-0.39, 0.29) is 0 Å². The van der Waals surface area contributed by atoms with E-state index in [1.54, 1.807) is 0 Å². The van der Waals surface area contributed by atoms with Crippen LogP contribution in [0.15, 0.2) is 109 Å². The van der Waals surface area contributed by atoms with E-state index in [0.29, 0.717) is 5.92 Å². The normalized spacial score (nSPS) is 11.3. The second-order valence-corrected chi connectivity index (χ2v) is 8.08. The van der Waals surface area contributed by atoms with E-state index in [9.17, 15) is 0 Å². The summed E-state index contributed by atoms with van der Waals surface area (Å²) >= 11 is 0. The Hall–Kier alpha value is -3.58. The largest absolute Gasteiger partial charge is 0.309 e. The van der Waals surface area contributed by atoms with Gasteiger partial charge >= 0.3 is 0 Å². The Morgan fingerprint density at radius 3 is 1.47 bits per heavy atom. The van der Waals surface area contributed by atoms with Gasteiger partial charge in [0.2, 0.25) is 0 Å². The molecule has 0 spiro atoms. The topological polar surface area (TPSA) is 3.24 Å². The van der Waals surface area contributed by atoms with Crippen LogP contribution in [0.5, 0.6) is 0 Å². The Labute approximate surface area is 178 Å². The predicted molar refractivity (Wildman–Crippen MR) is 130 cm³/mol. The molecule has 1 nitrogen and oxygen atoms in total. The van der Waals surface area contributed by atoms with Gasteiger partial charge in [-0.15, -0.1) is 0 Å². The molecule has 146 valence electrons. The number of rotatable bonds is 4. The first-order chi connectivity index (χ1) is 14.7. The van der Waals surface area contributed by atoms with Crippen LogP contribution in [0.25, 0.3) is 21.5 Å². The van der Waals surface area contributed by atoms with E-state index in [1.807, 2.05) is 0 Å². The van der Waals surface area contributed by atoms with E-state index < -0.39 is 0 Å². The van der Waals surface area contributed by atoms with E-state index in [4.69, 9.17) is 0 Å². The summed E-state index contributed by atoms with van der Waals surface area (Å²) in [7, 11) is 0. The van der Waals surface area contributed by atoms with Crippen LogP contribution in [0, 0.1) is 0 Å². The fourth-order valence-electron chi connectivity index (χ4n) is 4.22. The molecule has 0 saturated heterocycles. The minimum absolute atomic E-state index is 0.516. The summed E-state index contributed by atoms with van der Waals surface area (Å²) in [6, 6.07) is 39.4. The van der Waals surface area contributed by atoms with Gasteiger partial charge in [0.05, 0.1) is 11.4 Å². The zero-order valence-corrected chi connectivity index (χ0v) is 17.4. The lowest BCUT2D eigenvalue weighted by atomic mass is 10.0. The highest BCUT2D eigenvalue weighted by molar-refractivity contribution is 6.04.